The zero-order chi connectivity index (χ0) is 13.5. The molecule has 0 fully saturated rings. The van der Waals surface area contributed by atoms with Gasteiger partial charge in [0.05, 0.1) is 6.61 Å². The van der Waals surface area contributed by atoms with Crippen LogP contribution in [0, 0.1) is 10.8 Å². The van der Waals surface area contributed by atoms with Gasteiger partial charge in [-0.3, -0.25) is 4.79 Å². The number of carbonyl (C=O) groups excluding carboxylic acids is 1. The fourth-order valence-electron chi connectivity index (χ4n) is 1.47. The molecule has 0 saturated carbocycles. The van der Waals surface area contributed by atoms with E-state index in [9.17, 15) is 4.79 Å². The summed E-state index contributed by atoms with van der Waals surface area (Å²) in [5, 5.41) is 0. The van der Waals surface area contributed by atoms with Gasteiger partial charge in [0.25, 0.3) is 0 Å². The predicted octanol–water partition coefficient (Wildman–Crippen LogP) is 4.57. The third-order valence-electron chi connectivity index (χ3n) is 2.47. The molecule has 0 aliphatic heterocycles. The molecule has 0 bridgehead atoms. The molecule has 0 atom stereocenters. The van der Waals surface area contributed by atoms with Gasteiger partial charge in [0.2, 0.25) is 0 Å². The van der Waals surface area contributed by atoms with E-state index in [1.165, 1.54) is 12.8 Å². The molecule has 0 N–H and O–H groups in total. The highest BCUT2D eigenvalue weighted by Crippen LogP contribution is 2.22. The van der Waals surface area contributed by atoms with Crippen LogP contribution >= 0.6 is 0 Å². The molecular formula is C15H30O2. The minimum absolute atomic E-state index is 0.0457. The average Bonchev–Trinajstić information content (AvgIpc) is 2.11. The summed E-state index contributed by atoms with van der Waals surface area (Å²) in [4.78, 5) is 11.4. The normalized spacial score (nSPS) is 12.6. The van der Waals surface area contributed by atoms with Crippen LogP contribution in [0.5, 0.6) is 0 Å². The largest absolute Gasteiger partial charge is 0.465 e. The molecule has 0 unspecified atom stereocenters. The number of unbranched alkanes of at least 4 members (excludes halogenated alkanes) is 2. The first-order valence-electron chi connectivity index (χ1n) is 6.76. The molecule has 0 radical (unpaired) electrons. The number of hydrogen-bond donors (Lipinski definition) is 0. The molecule has 0 aliphatic carbocycles. The van der Waals surface area contributed by atoms with Gasteiger partial charge in [0.1, 0.15) is 0 Å². The van der Waals surface area contributed by atoms with E-state index >= 15 is 0 Å². The molecule has 0 aliphatic rings. The van der Waals surface area contributed by atoms with E-state index in [1.54, 1.807) is 0 Å². The monoisotopic (exact) mass is 242 g/mol. The standard InChI is InChI=1S/C15H30O2/c1-14(2,3)11-9-7-8-10-13(16)17-12-15(4,5)6/h7-12H2,1-6H3. The van der Waals surface area contributed by atoms with E-state index in [2.05, 4.69) is 41.5 Å². The first-order chi connectivity index (χ1) is 7.60. The fraction of sp³-hybridized carbons (Fsp3) is 0.933. The van der Waals surface area contributed by atoms with E-state index in [-0.39, 0.29) is 11.4 Å². The summed E-state index contributed by atoms with van der Waals surface area (Å²) in [6.07, 6.45) is 5.08. The van der Waals surface area contributed by atoms with Gasteiger partial charge in [-0.2, -0.15) is 0 Å². The first-order valence-corrected chi connectivity index (χ1v) is 6.76. The van der Waals surface area contributed by atoms with Gasteiger partial charge < -0.3 is 4.74 Å². The van der Waals surface area contributed by atoms with Gasteiger partial charge in [0.15, 0.2) is 0 Å². The van der Waals surface area contributed by atoms with Gasteiger partial charge >= 0.3 is 5.97 Å². The fourth-order valence-corrected chi connectivity index (χ4v) is 1.47. The lowest BCUT2D eigenvalue weighted by atomic mass is 9.89. The molecule has 0 aromatic carbocycles. The van der Waals surface area contributed by atoms with Crippen molar-refractivity contribution in [2.45, 2.75) is 73.6 Å². The van der Waals surface area contributed by atoms with Crippen LogP contribution in [-0.4, -0.2) is 12.6 Å². The highest BCUT2D eigenvalue weighted by molar-refractivity contribution is 5.69. The van der Waals surface area contributed by atoms with Crippen molar-refractivity contribution in [3.8, 4) is 0 Å². The molecule has 102 valence electrons. The summed E-state index contributed by atoms with van der Waals surface area (Å²) in [6.45, 7) is 13.5. The van der Waals surface area contributed by atoms with Crippen molar-refractivity contribution in [2.75, 3.05) is 6.61 Å². The Bertz CT molecular complexity index is 218. The molecule has 17 heavy (non-hydrogen) atoms. The van der Waals surface area contributed by atoms with Crippen LogP contribution in [0.1, 0.15) is 73.6 Å². The third-order valence-corrected chi connectivity index (χ3v) is 2.47. The summed E-state index contributed by atoms with van der Waals surface area (Å²) in [5.41, 5.74) is 0.481. The zero-order valence-corrected chi connectivity index (χ0v) is 12.6. The van der Waals surface area contributed by atoms with E-state index < -0.39 is 0 Å². The third kappa shape index (κ3) is 13.4. The van der Waals surface area contributed by atoms with Crippen LogP contribution in [0.25, 0.3) is 0 Å². The van der Waals surface area contributed by atoms with Crippen molar-refractivity contribution in [2.24, 2.45) is 10.8 Å². The van der Waals surface area contributed by atoms with Gasteiger partial charge in [0, 0.05) is 6.42 Å². The smallest absolute Gasteiger partial charge is 0.305 e. The van der Waals surface area contributed by atoms with Crippen LogP contribution in [0.2, 0.25) is 0 Å². The van der Waals surface area contributed by atoms with Crippen LogP contribution in [-0.2, 0) is 9.53 Å². The summed E-state index contributed by atoms with van der Waals surface area (Å²) >= 11 is 0. The van der Waals surface area contributed by atoms with Gasteiger partial charge in [-0.05, 0) is 23.7 Å². The maximum atomic E-state index is 11.4. The lowest BCUT2D eigenvalue weighted by molar-refractivity contribution is -0.146. The minimum Gasteiger partial charge on any atom is -0.465 e. The van der Waals surface area contributed by atoms with Crippen molar-refractivity contribution >= 4 is 5.97 Å². The van der Waals surface area contributed by atoms with E-state index in [0.29, 0.717) is 18.4 Å². The SMILES string of the molecule is CC(C)(C)CCCCCC(=O)OCC(C)(C)C. The van der Waals surface area contributed by atoms with E-state index in [0.717, 1.165) is 12.8 Å². The highest BCUT2D eigenvalue weighted by Gasteiger charge is 2.13. The van der Waals surface area contributed by atoms with Crippen molar-refractivity contribution < 1.29 is 9.53 Å². The lowest BCUT2D eigenvalue weighted by Crippen LogP contribution is -2.18. The Morgan fingerprint density at radius 2 is 1.47 bits per heavy atom. The maximum Gasteiger partial charge on any atom is 0.305 e. The van der Waals surface area contributed by atoms with Crippen LogP contribution in [0.4, 0.5) is 0 Å². The van der Waals surface area contributed by atoms with Crippen LogP contribution in [0.3, 0.4) is 0 Å². The molecule has 0 saturated heterocycles. The lowest BCUT2D eigenvalue weighted by Gasteiger charge is -2.18. The Balaban J connectivity index is 3.47. The Hall–Kier alpha value is -0.530. The number of carbonyl (C=O) groups is 1. The van der Waals surface area contributed by atoms with Crippen molar-refractivity contribution in [3.63, 3.8) is 0 Å². The van der Waals surface area contributed by atoms with Crippen molar-refractivity contribution in [1.29, 1.82) is 0 Å². The number of hydrogen-bond acceptors (Lipinski definition) is 2. The second kappa shape index (κ2) is 7.03. The molecular weight excluding hydrogens is 212 g/mol. The molecule has 0 spiro atoms. The Morgan fingerprint density at radius 3 is 1.94 bits per heavy atom. The Kier molecular flexibility index (Phi) is 6.81. The van der Waals surface area contributed by atoms with Gasteiger partial charge in [-0.1, -0.05) is 54.4 Å². The van der Waals surface area contributed by atoms with Crippen LogP contribution < -0.4 is 0 Å². The first kappa shape index (κ1) is 16.5. The molecule has 2 heteroatoms. The van der Waals surface area contributed by atoms with Gasteiger partial charge in [-0.15, -0.1) is 0 Å². The second-order valence-electron chi connectivity index (χ2n) is 7.34. The van der Waals surface area contributed by atoms with E-state index in [1.807, 2.05) is 0 Å². The molecule has 2 nitrogen and oxygen atoms in total. The van der Waals surface area contributed by atoms with Crippen molar-refractivity contribution in [1.82, 2.24) is 0 Å². The van der Waals surface area contributed by atoms with E-state index in [4.69, 9.17) is 4.74 Å². The number of rotatable bonds is 6. The van der Waals surface area contributed by atoms with Crippen LogP contribution in [0.15, 0.2) is 0 Å². The topological polar surface area (TPSA) is 26.3 Å². The molecule has 0 rings (SSSR count). The predicted molar refractivity (Wildman–Crippen MR) is 73.0 cm³/mol. The molecule has 0 heterocycles. The Morgan fingerprint density at radius 1 is 0.882 bits per heavy atom. The summed E-state index contributed by atoms with van der Waals surface area (Å²) in [6, 6.07) is 0. The van der Waals surface area contributed by atoms with Crippen molar-refractivity contribution in [3.05, 3.63) is 0 Å². The summed E-state index contributed by atoms with van der Waals surface area (Å²) in [7, 11) is 0. The number of esters is 1. The highest BCUT2D eigenvalue weighted by atomic mass is 16.5. The average molecular weight is 242 g/mol. The maximum absolute atomic E-state index is 11.4. The summed E-state index contributed by atoms with van der Waals surface area (Å²) in [5.74, 6) is -0.0457. The molecule has 0 aromatic rings. The Labute approximate surface area is 107 Å². The minimum atomic E-state index is -0.0457. The zero-order valence-electron chi connectivity index (χ0n) is 12.6. The number of ether oxygens (including phenoxy) is 1. The molecule has 0 amide bonds. The quantitative estimate of drug-likeness (QED) is 0.503. The summed E-state index contributed by atoms with van der Waals surface area (Å²) < 4.78 is 5.22. The molecule has 0 aromatic heterocycles. The second-order valence-corrected chi connectivity index (χ2v) is 7.34. The van der Waals surface area contributed by atoms with Gasteiger partial charge in [-0.25, -0.2) is 0 Å².